The number of aryl methyl sites for hydroxylation is 3. The van der Waals surface area contributed by atoms with Gasteiger partial charge < -0.3 is 9.84 Å². The first-order valence-electron chi connectivity index (χ1n) is 7.78. The number of nitrogens with zero attached hydrogens (tertiary/aromatic N) is 3. The van der Waals surface area contributed by atoms with E-state index in [-0.39, 0.29) is 11.9 Å². The molecule has 2 heterocycles. The molecule has 2 aromatic heterocycles. The van der Waals surface area contributed by atoms with Gasteiger partial charge in [-0.2, -0.15) is 5.10 Å². The highest BCUT2D eigenvalue weighted by Crippen LogP contribution is 2.21. The Bertz CT molecular complexity index is 657. The van der Waals surface area contributed by atoms with Gasteiger partial charge in [0.15, 0.2) is 5.69 Å². The molecule has 0 radical (unpaired) electrons. The van der Waals surface area contributed by atoms with E-state index >= 15 is 0 Å². The summed E-state index contributed by atoms with van der Waals surface area (Å²) >= 11 is 0. The molecule has 0 aliphatic carbocycles. The van der Waals surface area contributed by atoms with E-state index in [1.807, 2.05) is 25.5 Å². The van der Waals surface area contributed by atoms with E-state index in [0.29, 0.717) is 5.69 Å². The zero-order valence-electron chi connectivity index (χ0n) is 13.9. The summed E-state index contributed by atoms with van der Waals surface area (Å²) in [5.74, 6) is 0.521. The molecule has 0 fully saturated rings. The number of carbonyl (C=O) groups is 1. The van der Waals surface area contributed by atoms with Crippen LogP contribution in [0.15, 0.2) is 10.6 Å². The number of aromatic nitrogens is 3. The molecule has 0 aromatic carbocycles. The van der Waals surface area contributed by atoms with Crippen molar-refractivity contribution in [1.82, 2.24) is 20.3 Å². The molecule has 0 spiro atoms. The average Bonchev–Trinajstić information content (AvgIpc) is 3.04. The van der Waals surface area contributed by atoms with Crippen LogP contribution in [0.5, 0.6) is 0 Å². The summed E-state index contributed by atoms with van der Waals surface area (Å²) in [6.45, 7) is 10.9. The van der Waals surface area contributed by atoms with Crippen LogP contribution < -0.4 is 5.32 Å². The van der Waals surface area contributed by atoms with Crippen LogP contribution in [0, 0.1) is 13.8 Å². The van der Waals surface area contributed by atoms with Crippen LogP contribution in [-0.2, 0) is 13.0 Å². The standard InChI is InChI=1S/C16H24N4O2/c1-6-8-13-9-14(19-22-13)16(21)17-10(3)15-11(4)18-20(7-2)12(15)5/h9-10H,6-8H2,1-5H3,(H,17,21). The summed E-state index contributed by atoms with van der Waals surface area (Å²) in [6, 6.07) is 1.58. The molecule has 0 aliphatic rings. The van der Waals surface area contributed by atoms with Crippen LogP contribution in [0.4, 0.5) is 0 Å². The van der Waals surface area contributed by atoms with Crippen molar-refractivity contribution >= 4 is 5.91 Å². The van der Waals surface area contributed by atoms with Gasteiger partial charge in [0.2, 0.25) is 0 Å². The lowest BCUT2D eigenvalue weighted by molar-refractivity contribution is 0.0930. The van der Waals surface area contributed by atoms with Crippen LogP contribution in [0.1, 0.15) is 66.4 Å². The van der Waals surface area contributed by atoms with Gasteiger partial charge in [-0.25, -0.2) is 0 Å². The second-order valence-corrected chi connectivity index (χ2v) is 5.52. The lowest BCUT2D eigenvalue weighted by Gasteiger charge is -2.14. The third kappa shape index (κ3) is 3.21. The smallest absolute Gasteiger partial charge is 0.273 e. The molecule has 6 nitrogen and oxygen atoms in total. The first-order chi connectivity index (χ1) is 10.5. The molecule has 2 aromatic rings. The minimum Gasteiger partial charge on any atom is -0.361 e. The second-order valence-electron chi connectivity index (χ2n) is 5.52. The number of hydrogen-bond acceptors (Lipinski definition) is 4. The van der Waals surface area contributed by atoms with E-state index in [0.717, 1.165) is 42.1 Å². The van der Waals surface area contributed by atoms with Gasteiger partial charge in [0.05, 0.1) is 11.7 Å². The summed E-state index contributed by atoms with van der Waals surface area (Å²) in [4.78, 5) is 12.3. The van der Waals surface area contributed by atoms with Crippen molar-refractivity contribution in [2.24, 2.45) is 0 Å². The van der Waals surface area contributed by atoms with Gasteiger partial charge in [-0.15, -0.1) is 0 Å². The SMILES string of the molecule is CCCc1cc(C(=O)NC(C)c2c(C)nn(CC)c2C)no1. The van der Waals surface area contributed by atoms with E-state index < -0.39 is 0 Å². The monoisotopic (exact) mass is 304 g/mol. The molecule has 0 aliphatic heterocycles. The first kappa shape index (κ1) is 16.3. The fraction of sp³-hybridized carbons (Fsp3) is 0.562. The molecule has 0 bridgehead atoms. The maximum absolute atomic E-state index is 12.3. The highest BCUT2D eigenvalue weighted by atomic mass is 16.5. The second kappa shape index (κ2) is 6.77. The molecule has 2 rings (SSSR count). The molecular formula is C16H24N4O2. The Morgan fingerprint density at radius 3 is 2.73 bits per heavy atom. The Hall–Kier alpha value is -2.11. The average molecular weight is 304 g/mol. The molecule has 1 N–H and O–H groups in total. The topological polar surface area (TPSA) is 73.0 Å². The van der Waals surface area contributed by atoms with Gasteiger partial charge >= 0.3 is 0 Å². The molecule has 1 unspecified atom stereocenters. The Morgan fingerprint density at radius 2 is 2.14 bits per heavy atom. The Balaban J connectivity index is 2.12. The Kier molecular flexibility index (Phi) is 5.00. The van der Waals surface area contributed by atoms with E-state index in [2.05, 4.69) is 29.4 Å². The number of rotatable bonds is 6. The molecule has 22 heavy (non-hydrogen) atoms. The normalized spacial score (nSPS) is 12.4. The largest absolute Gasteiger partial charge is 0.361 e. The quantitative estimate of drug-likeness (QED) is 0.890. The fourth-order valence-corrected chi connectivity index (χ4v) is 2.77. The van der Waals surface area contributed by atoms with Crippen molar-refractivity contribution in [2.75, 3.05) is 0 Å². The summed E-state index contributed by atoms with van der Waals surface area (Å²) in [7, 11) is 0. The highest BCUT2D eigenvalue weighted by Gasteiger charge is 2.21. The third-order valence-electron chi connectivity index (χ3n) is 3.81. The van der Waals surface area contributed by atoms with Crippen LogP contribution in [0.3, 0.4) is 0 Å². The number of amides is 1. The van der Waals surface area contributed by atoms with Crippen molar-refractivity contribution < 1.29 is 9.32 Å². The Morgan fingerprint density at radius 1 is 1.41 bits per heavy atom. The highest BCUT2D eigenvalue weighted by molar-refractivity contribution is 5.92. The van der Waals surface area contributed by atoms with Crippen molar-refractivity contribution in [3.63, 3.8) is 0 Å². The minimum atomic E-state index is -0.221. The maximum Gasteiger partial charge on any atom is 0.273 e. The first-order valence-corrected chi connectivity index (χ1v) is 7.78. The molecule has 0 saturated heterocycles. The van der Waals surface area contributed by atoms with Crippen molar-refractivity contribution in [1.29, 1.82) is 0 Å². The van der Waals surface area contributed by atoms with Gasteiger partial charge in [-0.05, 0) is 34.1 Å². The summed E-state index contributed by atoms with van der Waals surface area (Å²) in [5, 5.41) is 11.3. The van der Waals surface area contributed by atoms with Gasteiger partial charge in [-0.1, -0.05) is 12.1 Å². The number of carbonyl (C=O) groups excluding carboxylic acids is 1. The lowest BCUT2D eigenvalue weighted by Crippen LogP contribution is -2.27. The number of nitrogens with one attached hydrogen (secondary N) is 1. The predicted molar refractivity (Wildman–Crippen MR) is 83.8 cm³/mol. The van der Waals surface area contributed by atoms with Crippen molar-refractivity contribution in [2.45, 2.75) is 60.0 Å². The van der Waals surface area contributed by atoms with Crippen molar-refractivity contribution in [3.8, 4) is 0 Å². The van der Waals surface area contributed by atoms with Gasteiger partial charge in [-0.3, -0.25) is 9.48 Å². The van der Waals surface area contributed by atoms with Crippen LogP contribution >= 0.6 is 0 Å². The number of hydrogen-bond donors (Lipinski definition) is 1. The summed E-state index contributed by atoms with van der Waals surface area (Å²) in [6.07, 6.45) is 1.75. The van der Waals surface area contributed by atoms with Crippen molar-refractivity contribution in [3.05, 3.63) is 34.5 Å². The molecule has 1 atom stereocenters. The van der Waals surface area contributed by atoms with E-state index in [1.54, 1.807) is 6.07 Å². The minimum absolute atomic E-state index is 0.126. The van der Waals surface area contributed by atoms with Gasteiger partial charge in [0.25, 0.3) is 5.91 Å². The Labute approximate surface area is 130 Å². The zero-order valence-corrected chi connectivity index (χ0v) is 13.9. The van der Waals surface area contributed by atoms with Crippen LogP contribution in [0.25, 0.3) is 0 Å². The molecular weight excluding hydrogens is 280 g/mol. The van der Waals surface area contributed by atoms with Crippen LogP contribution in [-0.4, -0.2) is 20.8 Å². The molecule has 0 saturated carbocycles. The van der Waals surface area contributed by atoms with Gasteiger partial charge in [0, 0.05) is 30.3 Å². The molecule has 1 amide bonds. The fourth-order valence-electron chi connectivity index (χ4n) is 2.77. The third-order valence-corrected chi connectivity index (χ3v) is 3.81. The zero-order chi connectivity index (χ0) is 16.3. The predicted octanol–water partition coefficient (Wildman–Crippen LogP) is 2.95. The van der Waals surface area contributed by atoms with E-state index in [4.69, 9.17) is 4.52 Å². The molecule has 6 heteroatoms. The van der Waals surface area contributed by atoms with E-state index in [1.165, 1.54) is 0 Å². The maximum atomic E-state index is 12.3. The van der Waals surface area contributed by atoms with Gasteiger partial charge in [0.1, 0.15) is 5.76 Å². The van der Waals surface area contributed by atoms with E-state index in [9.17, 15) is 4.79 Å². The lowest BCUT2D eigenvalue weighted by atomic mass is 10.1. The summed E-state index contributed by atoms with van der Waals surface area (Å²) in [5.41, 5.74) is 3.42. The summed E-state index contributed by atoms with van der Waals surface area (Å²) < 4.78 is 7.10. The molecule has 120 valence electrons. The van der Waals surface area contributed by atoms with Crippen LogP contribution in [0.2, 0.25) is 0 Å².